The summed E-state index contributed by atoms with van der Waals surface area (Å²) in [6.07, 6.45) is 6.65. The van der Waals surface area contributed by atoms with Crippen LogP contribution in [0.25, 0.3) is 5.57 Å². The first-order chi connectivity index (χ1) is 9.97. The molecule has 1 rings (SSSR count). The zero-order chi connectivity index (χ0) is 15.8. The number of carbonyl (C=O) groups is 1. The molecular formula is C17H20O4. The van der Waals surface area contributed by atoms with Crippen molar-refractivity contribution in [2.24, 2.45) is 0 Å². The second-order valence-electron chi connectivity index (χ2n) is 4.51. The molecule has 4 nitrogen and oxygen atoms in total. The molecule has 0 aliphatic carbocycles. The van der Waals surface area contributed by atoms with E-state index in [1.54, 1.807) is 27.2 Å². The van der Waals surface area contributed by atoms with E-state index in [1.165, 1.54) is 0 Å². The maximum Gasteiger partial charge on any atom is 0.328 e. The van der Waals surface area contributed by atoms with Gasteiger partial charge in [-0.1, -0.05) is 24.3 Å². The fourth-order valence-corrected chi connectivity index (χ4v) is 1.76. The van der Waals surface area contributed by atoms with Crippen molar-refractivity contribution in [3.8, 4) is 11.5 Å². The van der Waals surface area contributed by atoms with E-state index in [0.717, 1.165) is 17.2 Å². The van der Waals surface area contributed by atoms with Crippen LogP contribution in [0.5, 0.6) is 11.5 Å². The van der Waals surface area contributed by atoms with Crippen molar-refractivity contribution >= 4 is 11.5 Å². The number of ether oxygens (including phenoxy) is 2. The van der Waals surface area contributed by atoms with E-state index in [0.29, 0.717) is 17.1 Å². The molecule has 1 N–H and O–H groups in total. The highest BCUT2D eigenvalue weighted by Gasteiger charge is 2.04. The van der Waals surface area contributed by atoms with Crippen LogP contribution in [-0.4, -0.2) is 25.3 Å². The Morgan fingerprint density at radius 2 is 1.81 bits per heavy atom. The summed E-state index contributed by atoms with van der Waals surface area (Å²) in [5, 5.41) is 8.63. The van der Waals surface area contributed by atoms with Gasteiger partial charge >= 0.3 is 5.97 Å². The van der Waals surface area contributed by atoms with Gasteiger partial charge in [-0.25, -0.2) is 4.79 Å². The summed E-state index contributed by atoms with van der Waals surface area (Å²) in [4.78, 5) is 10.5. The average Bonchev–Trinajstić information content (AvgIpc) is 2.45. The first-order valence-electron chi connectivity index (χ1n) is 6.46. The molecule has 0 radical (unpaired) electrons. The van der Waals surface area contributed by atoms with E-state index in [2.05, 4.69) is 0 Å². The molecule has 0 unspecified atom stereocenters. The molecule has 0 amide bonds. The van der Waals surface area contributed by atoms with Crippen molar-refractivity contribution in [3.05, 3.63) is 53.6 Å². The summed E-state index contributed by atoms with van der Waals surface area (Å²) in [7, 11) is 3.20. The highest BCUT2D eigenvalue weighted by molar-refractivity contribution is 5.81. The monoisotopic (exact) mass is 288 g/mol. The number of carboxylic acids is 1. The Kier molecular flexibility index (Phi) is 6.27. The van der Waals surface area contributed by atoms with Gasteiger partial charge in [-0.3, -0.25) is 0 Å². The third-order valence-corrected chi connectivity index (χ3v) is 2.90. The Hall–Kier alpha value is -2.49. The van der Waals surface area contributed by atoms with Gasteiger partial charge in [-0.05, 0) is 42.7 Å². The lowest BCUT2D eigenvalue weighted by Crippen LogP contribution is -1.91. The largest absolute Gasteiger partial charge is 0.493 e. The quantitative estimate of drug-likeness (QED) is 0.640. The number of hydrogen-bond acceptors (Lipinski definition) is 3. The van der Waals surface area contributed by atoms with Crippen LogP contribution in [0.4, 0.5) is 0 Å². The van der Waals surface area contributed by atoms with Gasteiger partial charge in [0.25, 0.3) is 0 Å². The highest BCUT2D eigenvalue weighted by Crippen LogP contribution is 2.30. The number of aliphatic carboxylic acids is 1. The molecule has 4 heteroatoms. The van der Waals surface area contributed by atoms with E-state index < -0.39 is 5.97 Å². The summed E-state index contributed by atoms with van der Waals surface area (Å²) in [5.41, 5.74) is 2.73. The zero-order valence-corrected chi connectivity index (χ0v) is 12.7. The molecule has 0 spiro atoms. The SMILES string of the molecule is COc1ccc(\C(C)=C/C=C/C(C)=C/C(=O)O)cc1OC. The predicted octanol–water partition coefficient (Wildman–Crippen LogP) is 3.69. The molecule has 21 heavy (non-hydrogen) atoms. The maximum absolute atomic E-state index is 10.5. The molecule has 0 fully saturated rings. The number of hydrogen-bond donors (Lipinski definition) is 1. The van der Waals surface area contributed by atoms with Crippen LogP contribution in [0.2, 0.25) is 0 Å². The van der Waals surface area contributed by atoms with Crippen LogP contribution in [0.15, 0.2) is 48.1 Å². The Labute approximate surface area is 125 Å². The lowest BCUT2D eigenvalue weighted by Gasteiger charge is -2.09. The van der Waals surface area contributed by atoms with Crippen LogP contribution in [0, 0.1) is 0 Å². The molecule has 0 aliphatic heterocycles. The van der Waals surface area contributed by atoms with Gasteiger partial charge in [0.1, 0.15) is 0 Å². The lowest BCUT2D eigenvalue weighted by molar-refractivity contribution is -0.131. The molecule has 0 atom stereocenters. The lowest BCUT2D eigenvalue weighted by atomic mass is 10.1. The minimum Gasteiger partial charge on any atom is -0.493 e. The van der Waals surface area contributed by atoms with Gasteiger partial charge in [0.05, 0.1) is 14.2 Å². The molecule has 0 aliphatic rings. The van der Waals surface area contributed by atoms with Crippen LogP contribution in [0.3, 0.4) is 0 Å². The van der Waals surface area contributed by atoms with Gasteiger partial charge in [0, 0.05) is 6.08 Å². The summed E-state index contributed by atoms with van der Waals surface area (Å²) >= 11 is 0. The van der Waals surface area contributed by atoms with E-state index in [9.17, 15) is 4.79 Å². The van der Waals surface area contributed by atoms with E-state index in [4.69, 9.17) is 14.6 Å². The second-order valence-corrected chi connectivity index (χ2v) is 4.51. The van der Waals surface area contributed by atoms with Gasteiger partial charge in [0.15, 0.2) is 11.5 Å². The minimum atomic E-state index is -0.947. The van der Waals surface area contributed by atoms with Crippen molar-refractivity contribution in [3.63, 3.8) is 0 Å². The van der Waals surface area contributed by atoms with Crippen molar-refractivity contribution in [2.75, 3.05) is 14.2 Å². The molecule has 112 valence electrons. The van der Waals surface area contributed by atoms with Gasteiger partial charge < -0.3 is 14.6 Å². The second kappa shape index (κ2) is 7.94. The van der Waals surface area contributed by atoms with Gasteiger partial charge in [-0.15, -0.1) is 0 Å². The van der Waals surface area contributed by atoms with Crippen LogP contribution >= 0.6 is 0 Å². The Balaban J connectivity index is 2.93. The van der Waals surface area contributed by atoms with Gasteiger partial charge in [-0.2, -0.15) is 0 Å². The van der Waals surface area contributed by atoms with E-state index in [1.807, 2.05) is 37.3 Å². The fourth-order valence-electron chi connectivity index (χ4n) is 1.76. The Bertz CT molecular complexity index is 595. The summed E-state index contributed by atoms with van der Waals surface area (Å²) < 4.78 is 10.5. The molecule has 0 bridgehead atoms. The standard InChI is InChI=1S/C17H20O4/c1-12(10-17(18)19)6-5-7-13(2)14-8-9-15(20-3)16(11-14)21-4/h5-11H,1-4H3,(H,18,19)/b6-5+,12-10+,13-7-. The fraction of sp³-hybridized carbons (Fsp3) is 0.235. The van der Waals surface area contributed by atoms with Crippen molar-refractivity contribution < 1.29 is 19.4 Å². The predicted molar refractivity (Wildman–Crippen MR) is 83.7 cm³/mol. The van der Waals surface area contributed by atoms with Crippen molar-refractivity contribution in [2.45, 2.75) is 13.8 Å². The number of carboxylic acid groups (broad SMARTS) is 1. The first-order valence-corrected chi connectivity index (χ1v) is 6.46. The number of allylic oxidation sites excluding steroid dienone is 5. The molecule has 0 saturated heterocycles. The third-order valence-electron chi connectivity index (χ3n) is 2.90. The average molecular weight is 288 g/mol. The van der Waals surface area contributed by atoms with Crippen LogP contribution in [0.1, 0.15) is 19.4 Å². The molecule has 0 aromatic heterocycles. The molecule has 0 heterocycles. The summed E-state index contributed by atoms with van der Waals surface area (Å²) in [5.74, 6) is 0.413. The van der Waals surface area contributed by atoms with E-state index >= 15 is 0 Å². The zero-order valence-electron chi connectivity index (χ0n) is 12.7. The highest BCUT2D eigenvalue weighted by atomic mass is 16.5. The molecule has 1 aromatic carbocycles. The maximum atomic E-state index is 10.5. The van der Waals surface area contributed by atoms with Crippen LogP contribution < -0.4 is 9.47 Å². The van der Waals surface area contributed by atoms with E-state index in [-0.39, 0.29) is 0 Å². The molecule has 1 aromatic rings. The Morgan fingerprint density at radius 3 is 2.38 bits per heavy atom. The summed E-state index contributed by atoms with van der Waals surface area (Å²) in [6, 6.07) is 5.70. The third kappa shape index (κ3) is 5.18. The minimum absolute atomic E-state index is 0.675. The van der Waals surface area contributed by atoms with Crippen molar-refractivity contribution in [1.82, 2.24) is 0 Å². The molecule has 0 saturated carbocycles. The first kappa shape index (κ1) is 16.6. The number of rotatable bonds is 6. The number of methoxy groups -OCH3 is 2. The normalized spacial score (nSPS) is 12.6. The van der Waals surface area contributed by atoms with Gasteiger partial charge in [0.2, 0.25) is 0 Å². The van der Waals surface area contributed by atoms with Crippen LogP contribution in [-0.2, 0) is 4.79 Å². The summed E-state index contributed by atoms with van der Waals surface area (Å²) in [6.45, 7) is 3.71. The number of benzene rings is 1. The Morgan fingerprint density at radius 1 is 1.14 bits per heavy atom. The van der Waals surface area contributed by atoms with Crippen molar-refractivity contribution in [1.29, 1.82) is 0 Å². The smallest absolute Gasteiger partial charge is 0.328 e. The topological polar surface area (TPSA) is 55.8 Å². The molecular weight excluding hydrogens is 268 g/mol.